The first-order valence-corrected chi connectivity index (χ1v) is 9.39. The summed E-state index contributed by atoms with van der Waals surface area (Å²) in [6.45, 7) is 1.92. The van der Waals surface area contributed by atoms with E-state index in [4.69, 9.17) is 10.5 Å². The number of aryl methyl sites for hydroxylation is 1. The summed E-state index contributed by atoms with van der Waals surface area (Å²) in [5, 5.41) is 19.9. The van der Waals surface area contributed by atoms with E-state index in [1.165, 1.54) is 11.8 Å². The summed E-state index contributed by atoms with van der Waals surface area (Å²) in [6.07, 6.45) is 0. The molecule has 2 aromatic heterocycles. The van der Waals surface area contributed by atoms with Crippen LogP contribution in [0, 0.1) is 29.6 Å². The van der Waals surface area contributed by atoms with Crippen LogP contribution in [0.4, 0.5) is 5.82 Å². The summed E-state index contributed by atoms with van der Waals surface area (Å²) in [7, 11) is 1.56. The third-order valence-corrected chi connectivity index (χ3v) is 5.09. The number of rotatable bonds is 5. The van der Waals surface area contributed by atoms with E-state index < -0.39 is 0 Å². The molecule has 138 valence electrons. The van der Waals surface area contributed by atoms with Gasteiger partial charge in [-0.05, 0) is 36.8 Å². The van der Waals surface area contributed by atoms with Gasteiger partial charge in [0.25, 0.3) is 0 Å². The minimum atomic E-state index is 0.0963. The van der Waals surface area contributed by atoms with Crippen LogP contribution < -0.4 is 10.5 Å². The van der Waals surface area contributed by atoms with Gasteiger partial charge >= 0.3 is 0 Å². The molecule has 3 rings (SSSR count). The molecule has 28 heavy (non-hydrogen) atoms. The molecule has 0 amide bonds. The topological polar surface area (TPSA) is 109 Å². The second-order valence-corrected chi connectivity index (χ2v) is 6.91. The number of nitrogens with zero attached hydrogens (tertiary/aromatic N) is 4. The average Bonchev–Trinajstić information content (AvgIpc) is 2.71. The highest BCUT2D eigenvalue weighted by molar-refractivity contribution is 7.98. The predicted octanol–water partition coefficient (Wildman–Crippen LogP) is 4.08. The van der Waals surface area contributed by atoms with Gasteiger partial charge in [0.2, 0.25) is 0 Å². The number of nitrogen functional groups attached to an aromatic ring is 1. The van der Waals surface area contributed by atoms with Gasteiger partial charge in [0, 0.05) is 17.0 Å². The summed E-state index contributed by atoms with van der Waals surface area (Å²) < 4.78 is 5.27. The van der Waals surface area contributed by atoms with Crippen molar-refractivity contribution in [1.82, 2.24) is 9.97 Å². The fraction of sp³-hybridized carbons (Fsp3) is 0.143. The fourth-order valence-electron chi connectivity index (χ4n) is 2.79. The quantitative estimate of drug-likeness (QED) is 0.657. The minimum absolute atomic E-state index is 0.0963. The van der Waals surface area contributed by atoms with Crippen LogP contribution in [0.15, 0.2) is 47.5 Å². The maximum atomic E-state index is 9.84. The van der Waals surface area contributed by atoms with Gasteiger partial charge < -0.3 is 10.5 Å². The van der Waals surface area contributed by atoms with Crippen LogP contribution in [0.1, 0.15) is 22.5 Å². The van der Waals surface area contributed by atoms with Crippen LogP contribution in [-0.2, 0) is 5.75 Å². The molecular formula is C21H17N5OS. The molecule has 0 radical (unpaired) electrons. The molecule has 0 aliphatic carbocycles. The van der Waals surface area contributed by atoms with E-state index in [1.54, 1.807) is 25.3 Å². The number of thioether (sulfide) groups is 1. The molecule has 3 aromatic rings. The van der Waals surface area contributed by atoms with Gasteiger partial charge in [-0.15, -0.1) is 0 Å². The highest BCUT2D eigenvalue weighted by Crippen LogP contribution is 2.37. The molecule has 0 unspecified atom stereocenters. The minimum Gasteiger partial charge on any atom is -0.497 e. The number of methoxy groups -OCH3 is 1. The Morgan fingerprint density at radius 1 is 1.07 bits per heavy atom. The van der Waals surface area contributed by atoms with E-state index in [1.807, 2.05) is 31.2 Å². The Kier molecular flexibility index (Phi) is 5.78. The molecule has 2 heterocycles. The smallest absolute Gasteiger partial charge is 0.143 e. The molecule has 0 atom stereocenters. The first-order valence-electron chi connectivity index (χ1n) is 8.40. The van der Waals surface area contributed by atoms with Crippen molar-refractivity contribution in [1.29, 1.82) is 10.5 Å². The SMILES string of the molecule is COc1cccc(-c2c(C#N)c(N)nc(SCc3cccc(C)n3)c2C#N)c1. The molecule has 0 spiro atoms. The number of aromatic nitrogens is 2. The molecule has 2 N–H and O–H groups in total. The fourth-order valence-corrected chi connectivity index (χ4v) is 3.69. The van der Waals surface area contributed by atoms with Crippen molar-refractivity contribution in [2.24, 2.45) is 0 Å². The van der Waals surface area contributed by atoms with Crippen LogP contribution in [-0.4, -0.2) is 17.1 Å². The van der Waals surface area contributed by atoms with Crippen molar-refractivity contribution in [3.8, 4) is 29.0 Å². The van der Waals surface area contributed by atoms with Gasteiger partial charge in [-0.25, -0.2) is 4.98 Å². The molecule has 0 fully saturated rings. The van der Waals surface area contributed by atoms with Crippen molar-refractivity contribution in [3.05, 3.63) is 65.0 Å². The van der Waals surface area contributed by atoms with Crippen molar-refractivity contribution >= 4 is 17.6 Å². The van der Waals surface area contributed by atoms with Crippen LogP contribution in [0.5, 0.6) is 5.75 Å². The van der Waals surface area contributed by atoms with Gasteiger partial charge in [0.15, 0.2) is 0 Å². The number of anilines is 1. The van der Waals surface area contributed by atoms with Crippen LogP contribution in [0.3, 0.4) is 0 Å². The van der Waals surface area contributed by atoms with E-state index in [-0.39, 0.29) is 11.4 Å². The molecule has 0 aliphatic heterocycles. The van der Waals surface area contributed by atoms with Gasteiger partial charge in [-0.1, -0.05) is 30.0 Å². The van der Waals surface area contributed by atoms with Crippen LogP contribution >= 0.6 is 11.8 Å². The van der Waals surface area contributed by atoms with E-state index in [2.05, 4.69) is 22.1 Å². The largest absolute Gasteiger partial charge is 0.497 e. The maximum absolute atomic E-state index is 9.84. The zero-order valence-corrected chi connectivity index (χ0v) is 16.2. The van der Waals surface area contributed by atoms with Crippen LogP contribution in [0.2, 0.25) is 0 Å². The highest BCUT2D eigenvalue weighted by atomic mass is 32.2. The number of nitrogens with two attached hydrogens (primary N) is 1. The van der Waals surface area contributed by atoms with E-state index in [9.17, 15) is 10.5 Å². The number of nitriles is 2. The summed E-state index contributed by atoms with van der Waals surface area (Å²) in [5.74, 6) is 1.25. The van der Waals surface area contributed by atoms with E-state index in [0.29, 0.717) is 33.2 Å². The Balaban J connectivity index is 2.10. The molecule has 6 nitrogen and oxygen atoms in total. The third-order valence-electron chi connectivity index (χ3n) is 4.08. The number of ether oxygens (including phenoxy) is 1. The summed E-state index contributed by atoms with van der Waals surface area (Å²) in [5.41, 5.74) is 9.50. The Hall–Kier alpha value is -3.55. The highest BCUT2D eigenvalue weighted by Gasteiger charge is 2.21. The first-order chi connectivity index (χ1) is 13.6. The molecule has 7 heteroatoms. The number of hydrogen-bond donors (Lipinski definition) is 1. The van der Waals surface area contributed by atoms with Gasteiger partial charge in [0.1, 0.15) is 34.3 Å². The maximum Gasteiger partial charge on any atom is 0.143 e. The predicted molar refractivity (Wildman–Crippen MR) is 109 cm³/mol. The Morgan fingerprint density at radius 2 is 1.82 bits per heavy atom. The van der Waals surface area contributed by atoms with Gasteiger partial charge in [-0.2, -0.15) is 10.5 Å². The lowest BCUT2D eigenvalue weighted by atomic mass is 9.97. The number of benzene rings is 1. The van der Waals surface area contributed by atoms with Crippen molar-refractivity contribution in [2.75, 3.05) is 12.8 Å². The van der Waals surface area contributed by atoms with E-state index in [0.717, 1.165) is 11.4 Å². The van der Waals surface area contributed by atoms with Gasteiger partial charge in [-0.3, -0.25) is 4.98 Å². The Morgan fingerprint density at radius 3 is 2.50 bits per heavy atom. The Bertz CT molecular complexity index is 1110. The first kappa shape index (κ1) is 19.2. The monoisotopic (exact) mass is 387 g/mol. The lowest BCUT2D eigenvalue weighted by molar-refractivity contribution is 0.415. The third kappa shape index (κ3) is 3.90. The summed E-state index contributed by atoms with van der Waals surface area (Å²) in [6, 6.07) is 17.2. The standard InChI is InChI=1S/C21H17N5OS/c1-13-5-3-7-15(25-13)12-28-21-18(11-23)19(17(10-22)20(24)26-21)14-6-4-8-16(9-14)27-2/h3-9H,12H2,1-2H3,(H2,24,26). The lowest BCUT2D eigenvalue weighted by Crippen LogP contribution is -2.03. The molecule has 0 bridgehead atoms. The van der Waals surface area contributed by atoms with Crippen molar-refractivity contribution < 1.29 is 4.74 Å². The molecule has 1 aromatic carbocycles. The zero-order chi connectivity index (χ0) is 20.1. The van der Waals surface area contributed by atoms with Crippen LogP contribution in [0.25, 0.3) is 11.1 Å². The molecule has 0 saturated heterocycles. The Labute approximate surface area is 167 Å². The summed E-state index contributed by atoms with van der Waals surface area (Å²) >= 11 is 1.37. The lowest BCUT2D eigenvalue weighted by Gasteiger charge is -2.13. The molecule has 0 aliphatic rings. The van der Waals surface area contributed by atoms with Crippen molar-refractivity contribution in [2.45, 2.75) is 17.7 Å². The second-order valence-electron chi connectivity index (χ2n) is 5.94. The van der Waals surface area contributed by atoms with Gasteiger partial charge in [0.05, 0.1) is 18.4 Å². The normalized spacial score (nSPS) is 10.1. The molecular weight excluding hydrogens is 370 g/mol. The number of hydrogen-bond acceptors (Lipinski definition) is 7. The molecule has 0 saturated carbocycles. The average molecular weight is 387 g/mol. The van der Waals surface area contributed by atoms with Crippen molar-refractivity contribution in [3.63, 3.8) is 0 Å². The van der Waals surface area contributed by atoms with E-state index >= 15 is 0 Å². The zero-order valence-electron chi connectivity index (χ0n) is 15.4. The number of pyridine rings is 2. The summed E-state index contributed by atoms with van der Waals surface area (Å²) in [4.78, 5) is 8.79. The second kappa shape index (κ2) is 8.43.